The lowest BCUT2D eigenvalue weighted by atomic mass is 10.1. The van der Waals surface area contributed by atoms with Gasteiger partial charge < -0.3 is 16.3 Å². The maximum Gasteiger partial charge on any atom is 0.170 e. The van der Waals surface area contributed by atoms with E-state index in [1.54, 1.807) is 0 Å². The van der Waals surface area contributed by atoms with Crippen LogP contribution < -0.4 is 11.1 Å². The number of oxime groups is 1. The number of anilines is 1. The molecule has 0 radical (unpaired) electrons. The molecule has 2 aromatic rings. The highest BCUT2D eigenvalue weighted by Gasteiger charge is 2.02. The number of hydrogen-bond acceptors (Lipinski definition) is 3. The number of aryl methyl sites for hydroxylation is 1. The molecule has 104 valence electrons. The summed E-state index contributed by atoms with van der Waals surface area (Å²) in [6.45, 7) is 4.95. The zero-order valence-corrected chi connectivity index (χ0v) is 11.7. The standard InChI is InChI=1S/C16H19N3O/c1-11-4-3-5-15(12(11)2)18-10-13-6-8-14(9-7-13)16(17)19-20/h3-9,18,20H,10H2,1-2H3,(H2,17,19). The van der Waals surface area contributed by atoms with Crippen LogP contribution >= 0.6 is 0 Å². The SMILES string of the molecule is Cc1cccc(NCc2ccc(C(N)=NO)cc2)c1C. The fourth-order valence-electron chi connectivity index (χ4n) is 1.99. The molecule has 4 nitrogen and oxygen atoms in total. The fraction of sp³-hybridized carbons (Fsp3) is 0.188. The van der Waals surface area contributed by atoms with Gasteiger partial charge >= 0.3 is 0 Å². The Morgan fingerprint density at radius 3 is 2.50 bits per heavy atom. The summed E-state index contributed by atoms with van der Waals surface area (Å²) in [5, 5.41) is 15.0. The van der Waals surface area contributed by atoms with Crippen molar-refractivity contribution >= 4 is 11.5 Å². The van der Waals surface area contributed by atoms with Crippen molar-refractivity contribution in [3.63, 3.8) is 0 Å². The topological polar surface area (TPSA) is 70.6 Å². The van der Waals surface area contributed by atoms with Crippen LogP contribution in [0.25, 0.3) is 0 Å². The molecule has 0 heterocycles. The lowest BCUT2D eigenvalue weighted by molar-refractivity contribution is 0.318. The minimum atomic E-state index is 0.124. The highest BCUT2D eigenvalue weighted by molar-refractivity contribution is 5.96. The Morgan fingerprint density at radius 1 is 1.15 bits per heavy atom. The molecule has 0 bridgehead atoms. The second-order valence-electron chi connectivity index (χ2n) is 4.78. The first-order chi connectivity index (χ1) is 9.61. The van der Waals surface area contributed by atoms with Crippen LogP contribution in [-0.2, 0) is 6.54 Å². The molecule has 0 amide bonds. The van der Waals surface area contributed by atoms with E-state index in [0.717, 1.165) is 17.8 Å². The van der Waals surface area contributed by atoms with Crippen molar-refractivity contribution < 1.29 is 5.21 Å². The maximum absolute atomic E-state index is 8.62. The minimum Gasteiger partial charge on any atom is -0.409 e. The molecule has 0 unspecified atom stereocenters. The van der Waals surface area contributed by atoms with E-state index in [1.165, 1.54) is 11.1 Å². The van der Waals surface area contributed by atoms with E-state index in [1.807, 2.05) is 30.3 Å². The first-order valence-corrected chi connectivity index (χ1v) is 6.48. The summed E-state index contributed by atoms with van der Waals surface area (Å²) in [5.74, 6) is 0.124. The number of amidine groups is 1. The van der Waals surface area contributed by atoms with Gasteiger partial charge in [0.25, 0.3) is 0 Å². The van der Waals surface area contributed by atoms with Crippen molar-refractivity contribution in [2.45, 2.75) is 20.4 Å². The van der Waals surface area contributed by atoms with Gasteiger partial charge in [0.15, 0.2) is 5.84 Å². The molecule has 0 spiro atoms. The first kappa shape index (κ1) is 13.9. The molecule has 0 saturated carbocycles. The molecule has 2 rings (SSSR count). The van der Waals surface area contributed by atoms with Crippen molar-refractivity contribution in [1.82, 2.24) is 0 Å². The zero-order valence-electron chi connectivity index (χ0n) is 11.7. The molecule has 0 aliphatic heterocycles. The summed E-state index contributed by atoms with van der Waals surface area (Å²) in [4.78, 5) is 0. The quantitative estimate of drug-likeness (QED) is 0.346. The third kappa shape index (κ3) is 3.09. The van der Waals surface area contributed by atoms with Crippen LogP contribution in [0.4, 0.5) is 5.69 Å². The lowest BCUT2D eigenvalue weighted by Crippen LogP contribution is -2.13. The number of nitrogens with zero attached hydrogens (tertiary/aromatic N) is 1. The number of hydrogen-bond donors (Lipinski definition) is 3. The summed E-state index contributed by atoms with van der Waals surface area (Å²) >= 11 is 0. The molecule has 0 atom stereocenters. The van der Waals surface area contributed by atoms with Crippen molar-refractivity contribution in [3.8, 4) is 0 Å². The van der Waals surface area contributed by atoms with Gasteiger partial charge in [-0.2, -0.15) is 0 Å². The Bertz CT molecular complexity index is 618. The molecular formula is C16H19N3O. The second-order valence-corrected chi connectivity index (χ2v) is 4.78. The fourth-order valence-corrected chi connectivity index (χ4v) is 1.99. The summed E-state index contributed by atoms with van der Waals surface area (Å²) in [7, 11) is 0. The van der Waals surface area contributed by atoms with Crippen LogP contribution in [-0.4, -0.2) is 11.0 Å². The zero-order chi connectivity index (χ0) is 14.5. The van der Waals surface area contributed by atoms with E-state index in [-0.39, 0.29) is 5.84 Å². The van der Waals surface area contributed by atoms with E-state index >= 15 is 0 Å². The Hall–Kier alpha value is -2.49. The van der Waals surface area contributed by atoms with Gasteiger partial charge in [-0.05, 0) is 36.6 Å². The van der Waals surface area contributed by atoms with Crippen molar-refractivity contribution in [2.24, 2.45) is 10.9 Å². The molecule has 0 fully saturated rings. The average Bonchev–Trinajstić information content (AvgIpc) is 2.48. The van der Waals surface area contributed by atoms with Crippen molar-refractivity contribution in [3.05, 3.63) is 64.7 Å². The van der Waals surface area contributed by atoms with E-state index < -0.39 is 0 Å². The van der Waals surface area contributed by atoms with Crippen LogP contribution in [0.15, 0.2) is 47.6 Å². The Balaban J connectivity index is 2.06. The van der Waals surface area contributed by atoms with Crippen LogP contribution in [0.1, 0.15) is 22.3 Å². The molecule has 20 heavy (non-hydrogen) atoms. The minimum absolute atomic E-state index is 0.124. The van der Waals surface area contributed by atoms with E-state index in [2.05, 4.69) is 36.5 Å². The highest BCUT2D eigenvalue weighted by atomic mass is 16.4. The summed E-state index contributed by atoms with van der Waals surface area (Å²) in [6, 6.07) is 13.8. The van der Waals surface area contributed by atoms with Crippen LogP contribution in [0.2, 0.25) is 0 Å². The van der Waals surface area contributed by atoms with Gasteiger partial charge in [-0.15, -0.1) is 0 Å². The highest BCUT2D eigenvalue weighted by Crippen LogP contribution is 2.18. The van der Waals surface area contributed by atoms with Crippen LogP contribution in [0.5, 0.6) is 0 Å². The average molecular weight is 269 g/mol. The van der Waals surface area contributed by atoms with Gasteiger partial charge in [0, 0.05) is 17.8 Å². The van der Waals surface area contributed by atoms with Crippen LogP contribution in [0.3, 0.4) is 0 Å². The predicted molar refractivity (Wildman–Crippen MR) is 82.2 cm³/mol. The van der Waals surface area contributed by atoms with Gasteiger partial charge in [0.1, 0.15) is 0 Å². The number of rotatable bonds is 4. The van der Waals surface area contributed by atoms with Gasteiger partial charge in [-0.1, -0.05) is 41.6 Å². The number of benzene rings is 2. The maximum atomic E-state index is 8.62. The second kappa shape index (κ2) is 6.10. The van der Waals surface area contributed by atoms with Gasteiger partial charge in [0.05, 0.1) is 0 Å². The third-order valence-electron chi connectivity index (χ3n) is 3.45. The van der Waals surface area contributed by atoms with E-state index in [4.69, 9.17) is 10.9 Å². The molecule has 0 saturated heterocycles. The van der Waals surface area contributed by atoms with Crippen molar-refractivity contribution in [1.29, 1.82) is 0 Å². The molecule has 0 aliphatic rings. The normalized spacial score (nSPS) is 11.4. The number of nitrogens with two attached hydrogens (primary N) is 1. The van der Waals surface area contributed by atoms with Gasteiger partial charge in [0.2, 0.25) is 0 Å². The molecule has 0 aromatic heterocycles. The number of nitrogens with one attached hydrogen (secondary N) is 1. The van der Waals surface area contributed by atoms with Crippen LogP contribution in [0, 0.1) is 13.8 Å². The molecular weight excluding hydrogens is 250 g/mol. The molecule has 4 heteroatoms. The monoisotopic (exact) mass is 269 g/mol. The molecule has 4 N–H and O–H groups in total. The summed E-state index contributed by atoms with van der Waals surface area (Å²) in [5.41, 5.74) is 11.1. The lowest BCUT2D eigenvalue weighted by Gasteiger charge is -2.11. The van der Waals surface area contributed by atoms with Crippen molar-refractivity contribution in [2.75, 3.05) is 5.32 Å². The first-order valence-electron chi connectivity index (χ1n) is 6.48. The van der Waals surface area contributed by atoms with Gasteiger partial charge in [-0.25, -0.2) is 0 Å². The van der Waals surface area contributed by atoms with E-state index in [9.17, 15) is 0 Å². The Kier molecular flexibility index (Phi) is 4.25. The Labute approximate surface area is 118 Å². The third-order valence-corrected chi connectivity index (χ3v) is 3.45. The largest absolute Gasteiger partial charge is 0.409 e. The Morgan fingerprint density at radius 2 is 1.85 bits per heavy atom. The summed E-state index contributed by atoms with van der Waals surface area (Å²) in [6.07, 6.45) is 0. The smallest absolute Gasteiger partial charge is 0.170 e. The molecule has 2 aromatic carbocycles. The predicted octanol–water partition coefficient (Wildman–Crippen LogP) is 3.01. The summed E-state index contributed by atoms with van der Waals surface area (Å²) < 4.78 is 0. The molecule has 0 aliphatic carbocycles. The van der Waals surface area contributed by atoms with Gasteiger partial charge in [-0.3, -0.25) is 0 Å². The van der Waals surface area contributed by atoms with E-state index in [0.29, 0.717) is 5.56 Å².